The molecule has 0 spiro atoms. The molecular weight excluding hydrogens is 234 g/mol. The van der Waals surface area contributed by atoms with Gasteiger partial charge in [-0.05, 0) is 13.0 Å². The van der Waals surface area contributed by atoms with Crippen molar-refractivity contribution < 1.29 is 19.7 Å². The zero-order valence-electron chi connectivity index (χ0n) is 10.8. The van der Waals surface area contributed by atoms with Crippen LogP contribution in [0.5, 0.6) is 11.5 Å². The van der Waals surface area contributed by atoms with Crippen LogP contribution in [0.4, 0.5) is 0 Å². The largest absolute Gasteiger partial charge is 0.493 e. The van der Waals surface area contributed by atoms with E-state index >= 15 is 0 Å². The lowest BCUT2D eigenvalue weighted by Gasteiger charge is -2.15. The molecule has 0 aliphatic heterocycles. The molecular formula is C13H21NO4. The summed E-state index contributed by atoms with van der Waals surface area (Å²) in [6, 6.07) is 5.68. The Morgan fingerprint density at radius 3 is 2.78 bits per heavy atom. The topological polar surface area (TPSA) is 71.0 Å². The summed E-state index contributed by atoms with van der Waals surface area (Å²) in [5, 5.41) is 21.0. The van der Waals surface area contributed by atoms with E-state index in [2.05, 4.69) is 5.32 Å². The number of para-hydroxylation sites is 1. The molecule has 102 valence electrons. The van der Waals surface area contributed by atoms with E-state index in [9.17, 15) is 5.11 Å². The van der Waals surface area contributed by atoms with E-state index < -0.39 is 6.10 Å². The van der Waals surface area contributed by atoms with Crippen LogP contribution in [0.3, 0.4) is 0 Å². The van der Waals surface area contributed by atoms with Crippen molar-refractivity contribution in [2.45, 2.75) is 19.6 Å². The summed E-state index contributed by atoms with van der Waals surface area (Å²) in [5.74, 6) is 1.41. The Bertz CT molecular complexity index is 357. The zero-order chi connectivity index (χ0) is 13.4. The monoisotopic (exact) mass is 255 g/mol. The summed E-state index contributed by atoms with van der Waals surface area (Å²) in [4.78, 5) is 0. The molecule has 0 bridgehead atoms. The molecule has 1 aromatic rings. The molecule has 0 fully saturated rings. The van der Waals surface area contributed by atoms with Gasteiger partial charge in [-0.1, -0.05) is 12.1 Å². The van der Waals surface area contributed by atoms with E-state index in [-0.39, 0.29) is 6.61 Å². The summed E-state index contributed by atoms with van der Waals surface area (Å²) in [7, 11) is 1.60. The Kier molecular flexibility index (Phi) is 6.49. The van der Waals surface area contributed by atoms with Gasteiger partial charge < -0.3 is 25.0 Å². The van der Waals surface area contributed by atoms with Crippen LogP contribution in [-0.4, -0.2) is 43.2 Å². The number of benzene rings is 1. The van der Waals surface area contributed by atoms with Crippen LogP contribution >= 0.6 is 0 Å². The standard InChI is InChI=1S/C13H21NO4/c1-3-18-12-6-4-5-10(13(12)17-2)7-14-8-11(16)9-15/h4-6,11,14-16H,3,7-9H2,1-2H3. The fraction of sp³-hybridized carbons (Fsp3) is 0.538. The first-order chi connectivity index (χ1) is 8.72. The molecule has 5 nitrogen and oxygen atoms in total. The normalized spacial score (nSPS) is 12.2. The van der Waals surface area contributed by atoms with Gasteiger partial charge in [0.25, 0.3) is 0 Å². The molecule has 1 aromatic carbocycles. The van der Waals surface area contributed by atoms with Crippen LogP contribution in [0.2, 0.25) is 0 Å². The quantitative estimate of drug-likeness (QED) is 0.632. The fourth-order valence-corrected chi connectivity index (χ4v) is 1.64. The van der Waals surface area contributed by atoms with Gasteiger partial charge in [0.2, 0.25) is 0 Å². The lowest BCUT2D eigenvalue weighted by molar-refractivity contribution is 0.0941. The van der Waals surface area contributed by atoms with E-state index in [1.54, 1.807) is 7.11 Å². The molecule has 0 heterocycles. The number of aliphatic hydroxyl groups excluding tert-OH is 2. The fourth-order valence-electron chi connectivity index (χ4n) is 1.64. The second-order valence-corrected chi connectivity index (χ2v) is 3.85. The molecule has 0 radical (unpaired) electrons. The van der Waals surface area contributed by atoms with Gasteiger partial charge in [-0.15, -0.1) is 0 Å². The Morgan fingerprint density at radius 1 is 1.39 bits per heavy atom. The molecule has 18 heavy (non-hydrogen) atoms. The van der Waals surface area contributed by atoms with Gasteiger partial charge in [-0.2, -0.15) is 0 Å². The summed E-state index contributed by atoms with van der Waals surface area (Å²) in [5.41, 5.74) is 0.952. The number of aliphatic hydroxyl groups is 2. The summed E-state index contributed by atoms with van der Waals surface area (Å²) < 4.78 is 10.8. The molecule has 0 aliphatic carbocycles. The van der Waals surface area contributed by atoms with Crippen molar-refractivity contribution in [1.29, 1.82) is 0 Å². The van der Waals surface area contributed by atoms with Gasteiger partial charge in [0, 0.05) is 18.7 Å². The highest BCUT2D eigenvalue weighted by molar-refractivity contribution is 5.46. The summed E-state index contributed by atoms with van der Waals surface area (Å²) >= 11 is 0. The lowest BCUT2D eigenvalue weighted by Crippen LogP contribution is -2.29. The molecule has 5 heteroatoms. The molecule has 1 rings (SSSR count). The SMILES string of the molecule is CCOc1cccc(CNCC(O)CO)c1OC. The highest BCUT2D eigenvalue weighted by Crippen LogP contribution is 2.30. The van der Waals surface area contributed by atoms with Crippen LogP contribution in [0.15, 0.2) is 18.2 Å². The van der Waals surface area contributed by atoms with Crippen molar-refractivity contribution in [2.24, 2.45) is 0 Å². The van der Waals surface area contributed by atoms with E-state index in [1.807, 2.05) is 25.1 Å². The van der Waals surface area contributed by atoms with Crippen LogP contribution < -0.4 is 14.8 Å². The minimum atomic E-state index is -0.744. The zero-order valence-corrected chi connectivity index (χ0v) is 10.8. The average Bonchev–Trinajstić information content (AvgIpc) is 2.39. The van der Waals surface area contributed by atoms with Gasteiger partial charge >= 0.3 is 0 Å². The first kappa shape index (κ1) is 14.8. The van der Waals surface area contributed by atoms with Gasteiger partial charge in [-0.3, -0.25) is 0 Å². The van der Waals surface area contributed by atoms with Crippen molar-refractivity contribution in [2.75, 3.05) is 26.9 Å². The number of methoxy groups -OCH3 is 1. The number of nitrogens with one attached hydrogen (secondary N) is 1. The predicted octanol–water partition coefficient (Wildman–Crippen LogP) is 0.537. The Morgan fingerprint density at radius 2 is 2.17 bits per heavy atom. The molecule has 0 saturated heterocycles. The van der Waals surface area contributed by atoms with Gasteiger partial charge in [-0.25, -0.2) is 0 Å². The summed E-state index contributed by atoms with van der Waals surface area (Å²) in [6.45, 7) is 3.13. The Hall–Kier alpha value is -1.30. The molecule has 1 unspecified atom stereocenters. The first-order valence-corrected chi connectivity index (χ1v) is 6.01. The van der Waals surface area contributed by atoms with E-state index in [0.717, 1.165) is 5.56 Å². The number of ether oxygens (including phenoxy) is 2. The van der Waals surface area contributed by atoms with Crippen molar-refractivity contribution in [1.82, 2.24) is 5.32 Å². The third-order valence-corrected chi connectivity index (χ3v) is 2.47. The van der Waals surface area contributed by atoms with Gasteiger partial charge in [0.05, 0.1) is 26.4 Å². The van der Waals surface area contributed by atoms with Crippen LogP contribution in [0, 0.1) is 0 Å². The van der Waals surface area contributed by atoms with Crippen LogP contribution in [0.25, 0.3) is 0 Å². The first-order valence-electron chi connectivity index (χ1n) is 6.01. The minimum Gasteiger partial charge on any atom is -0.493 e. The highest BCUT2D eigenvalue weighted by Gasteiger charge is 2.10. The highest BCUT2D eigenvalue weighted by atomic mass is 16.5. The smallest absolute Gasteiger partial charge is 0.165 e. The second kappa shape index (κ2) is 7.92. The predicted molar refractivity (Wildman–Crippen MR) is 69.0 cm³/mol. The van der Waals surface area contributed by atoms with Crippen LogP contribution in [0.1, 0.15) is 12.5 Å². The van der Waals surface area contributed by atoms with E-state index in [4.69, 9.17) is 14.6 Å². The molecule has 1 atom stereocenters. The van der Waals surface area contributed by atoms with E-state index in [0.29, 0.717) is 31.2 Å². The van der Waals surface area contributed by atoms with Gasteiger partial charge in [0.1, 0.15) is 0 Å². The molecule has 0 aliphatic rings. The Labute approximate surface area is 107 Å². The van der Waals surface area contributed by atoms with Crippen LogP contribution in [-0.2, 0) is 6.54 Å². The molecule has 0 aromatic heterocycles. The average molecular weight is 255 g/mol. The Balaban J connectivity index is 2.66. The molecule has 0 amide bonds. The maximum Gasteiger partial charge on any atom is 0.165 e. The maximum atomic E-state index is 9.23. The molecule has 0 saturated carbocycles. The number of hydrogen-bond donors (Lipinski definition) is 3. The van der Waals surface area contributed by atoms with E-state index in [1.165, 1.54) is 0 Å². The van der Waals surface area contributed by atoms with Crippen molar-refractivity contribution in [3.05, 3.63) is 23.8 Å². The lowest BCUT2D eigenvalue weighted by atomic mass is 10.2. The maximum absolute atomic E-state index is 9.23. The number of hydrogen-bond acceptors (Lipinski definition) is 5. The van der Waals surface area contributed by atoms with Gasteiger partial charge in [0.15, 0.2) is 11.5 Å². The third kappa shape index (κ3) is 4.18. The number of rotatable bonds is 8. The summed E-state index contributed by atoms with van der Waals surface area (Å²) in [6.07, 6.45) is -0.744. The van der Waals surface area contributed by atoms with Crippen molar-refractivity contribution in [3.8, 4) is 11.5 Å². The van der Waals surface area contributed by atoms with Crippen molar-refractivity contribution in [3.63, 3.8) is 0 Å². The minimum absolute atomic E-state index is 0.247. The van der Waals surface area contributed by atoms with Crippen molar-refractivity contribution >= 4 is 0 Å². The molecule has 3 N–H and O–H groups in total. The third-order valence-electron chi connectivity index (χ3n) is 2.47. The second-order valence-electron chi connectivity index (χ2n) is 3.85.